The summed E-state index contributed by atoms with van der Waals surface area (Å²) in [5, 5.41) is 3.80. The van der Waals surface area contributed by atoms with Crippen LogP contribution in [0.3, 0.4) is 0 Å². The molecular weight excluding hydrogens is 422 g/mol. The number of hydrogen-bond acceptors (Lipinski definition) is 5. The number of nitrogens with one attached hydrogen (secondary N) is 1. The second-order valence-corrected chi connectivity index (χ2v) is 8.24. The minimum absolute atomic E-state index is 0.172. The molecule has 3 N–H and O–H groups in total. The van der Waals surface area contributed by atoms with Gasteiger partial charge in [0, 0.05) is 17.3 Å². The molecule has 0 atom stereocenters. The van der Waals surface area contributed by atoms with Gasteiger partial charge in [-0.05, 0) is 72.7 Å². The standard InChI is InChI=1S/C25H21N3O3S/c1-16-2-12-21-22(14-16)32-25(28-21)18-6-8-19(9-7-18)27-24(30)13-5-17-3-10-20(11-4-17)31-15-23(26)29/h2-14H,15H2,1H3,(H2,26,29)(H,27,30)/b13-5+. The molecule has 0 saturated heterocycles. The predicted octanol–water partition coefficient (Wildman–Crippen LogP) is 4.79. The van der Waals surface area contributed by atoms with E-state index in [2.05, 4.69) is 24.4 Å². The van der Waals surface area contributed by atoms with Gasteiger partial charge in [-0.15, -0.1) is 11.3 Å². The highest BCUT2D eigenvalue weighted by molar-refractivity contribution is 7.21. The van der Waals surface area contributed by atoms with E-state index in [0.29, 0.717) is 11.4 Å². The summed E-state index contributed by atoms with van der Waals surface area (Å²) in [6.07, 6.45) is 3.16. The van der Waals surface area contributed by atoms with Crippen molar-refractivity contribution in [2.75, 3.05) is 11.9 Å². The van der Waals surface area contributed by atoms with E-state index in [1.165, 1.54) is 11.6 Å². The van der Waals surface area contributed by atoms with Crippen LogP contribution in [0.2, 0.25) is 0 Å². The molecule has 0 spiro atoms. The Morgan fingerprint density at radius 1 is 1.06 bits per heavy atom. The minimum Gasteiger partial charge on any atom is -0.484 e. The van der Waals surface area contributed by atoms with Crippen molar-refractivity contribution in [3.8, 4) is 16.3 Å². The average molecular weight is 444 g/mol. The first-order valence-electron chi connectivity index (χ1n) is 9.94. The Kier molecular flexibility index (Phi) is 6.28. The molecule has 0 saturated carbocycles. The Balaban J connectivity index is 1.36. The number of rotatable bonds is 7. The second-order valence-electron chi connectivity index (χ2n) is 7.21. The largest absolute Gasteiger partial charge is 0.484 e. The van der Waals surface area contributed by atoms with Crippen molar-refractivity contribution in [2.24, 2.45) is 5.73 Å². The topological polar surface area (TPSA) is 94.3 Å². The van der Waals surface area contributed by atoms with Crippen molar-refractivity contribution in [2.45, 2.75) is 6.92 Å². The zero-order valence-electron chi connectivity index (χ0n) is 17.4. The van der Waals surface area contributed by atoms with Gasteiger partial charge in [0.05, 0.1) is 10.2 Å². The van der Waals surface area contributed by atoms with Crippen LogP contribution >= 0.6 is 11.3 Å². The summed E-state index contributed by atoms with van der Waals surface area (Å²) in [4.78, 5) is 27.7. The number of nitrogens with zero attached hydrogens (tertiary/aromatic N) is 1. The normalized spacial score (nSPS) is 11.0. The fourth-order valence-corrected chi connectivity index (χ4v) is 4.11. The van der Waals surface area contributed by atoms with Crippen LogP contribution in [0.5, 0.6) is 5.75 Å². The molecule has 0 bridgehead atoms. The van der Waals surface area contributed by atoms with Crippen LogP contribution < -0.4 is 15.8 Å². The smallest absolute Gasteiger partial charge is 0.255 e. The average Bonchev–Trinajstić information content (AvgIpc) is 3.20. The number of carbonyl (C=O) groups excluding carboxylic acids is 2. The molecule has 2 amide bonds. The highest BCUT2D eigenvalue weighted by atomic mass is 32.1. The quantitative estimate of drug-likeness (QED) is 0.402. The molecule has 1 heterocycles. The third kappa shape index (κ3) is 5.39. The number of thiazole rings is 1. The van der Waals surface area contributed by atoms with Gasteiger partial charge in [0.2, 0.25) is 5.91 Å². The molecule has 6 nitrogen and oxygen atoms in total. The number of anilines is 1. The number of ether oxygens (including phenoxy) is 1. The van der Waals surface area contributed by atoms with Crippen molar-refractivity contribution in [3.05, 3.63) is 83.9 Å². The van der Waals surface area contributed by atoms with Gasteiger partial charge in [0.15, 0.2) is 6.61 Å². The summed E-state index contributed by atoms with van der Waals surface area (Å²) in [5.74, 6) is -0.232. The van der Waals surface area contributed by atoms with Gasteiger partial charge in [-0.1, -0.05) is 18.2 Å². The molecule has 0 fully saturated rings. The maximum absolute atomic E-state index is 12.3. The van der Waals surface area contributed by atoms with Crippen LogP contribution in [0, 0.1) is 6.92 Å². The molecule has 4 rings (SSSR count). The second kappa shape index (κ2) is 9.45. The predicted molar refractivity (Wildman–Crippen MR) is 129 cm³/mol. The van der Waals surface area contributed by atoms with E-state index in [4.69, 9.17) is 15.5 Å². The van der Waals surface area contributed by atoms with Crippen LogP contribution in [0.25, 0.3) is 26.9 Å². The van der Waals surface area contributed by atoms with Gasteiger partial charge in [0.25, 0.3) is 5.91 Å². The van der Waals surface area contributed by atoms with Crippen LogP contribution in [-0.4, -0.2) is 23.4 Å². The molecule has 1 aromatic heterocycles. The number of aryl methyl sites for hydroxylation is 1. The molecule has 0 aliphatic heterocycles. The first-order chi connectivity index (χ1) is 15.5. The van der Waals surface area contributed by atoms with E-state index in [1.807, 2.05) is 30.3 Å². The molecule has 3 aromatic carbocycles. The molecule has 0 unspecified atom stereocenters. The van der Waals surface area contributed by atoms with Gasteiger partial charge in [0.1, 0.15) is 10.8 Å². The molecule has 160 valence electrons. The number of aromatic nitrogens is 1. The lowest BCUT2D eigenvalue weighted by Crippen LogP contribution is -2.19. The molecule has 7 heteroatoms. The first kappa shape index (κ1) is 21.3. The Labute approximate surface area is 189 Å². The summed E-state index contributed by atoms with van der Waals surface area (Å²) in [5.41, 5.74) is 9.80. The molecular formula is C25H21N3O3S. The van der Waals surface area contributed by atoms with Crippen LogP contribution in [-0.2, 0) is 9.59 Å². The minimum atomic E-state index is -0.533. The first-order valence-corrected chi connectivity index (χ1v) is 10.8. The van der Waals surface area contributed by atoms with E-state index < -0.39 is 5.91 Å². The zero-order chi connectivity index (χ0) is 22.5. The number of benzene rings is 3. The molecule has 0 aliphatic rings. The molecule has 0 radical (unpaired) electrons. The number of amides is 2. The van der Waals surface area contributed by atoms with Gasteiger partial charge in [-0.25, -0.2) is 4.98 Å². The monoisotopic (exact) mass is 443 g/mol. The van der Waals surface area contributed by atoms with Crippen LogP contribution in [0.15, 0.2) is 72.8 Å². The Bertz CT molecular complexity index is 1290. The Morgan fingerprint density at radius 3 is 2.53 bits per heavy atom. The summed E-state index contributed by atoms with van der Waals surface area (Å²) in [7, 11) is 0. The number of hydrogen-bond donors (Lipinski definition) is 2. The number of fused-ring (bicyclic) bond motifs is 1. The lowest BCUT2D eigenvalue weighted by molar-refractivity contribution is -0.120. The molecule has 4 aromatic rings. The van der Waals surface area contributed by atoms with Gasteiger partial charge in [-0.3, -0.25) is 9.59 Å². The summed E-state index contributed by atoms with van der Waals surface area (Å²) in [6.45, 7) is 1.90. The third-order valence-electron chi connectivity index (χ3n) is 4.63. The fraction of sp³-hybridized carbons (Fsp3) is 0.0800. The van der Waals surface area contributed by atoms with Crippen molar-refractivity contribution < 1.29 is 14.3 Å². The van der Waals surface area contributed by atoms with Crippen LogP contribution in [0.1, 0.15) is 11.1 Å². The summed E-state index contributed by atoms with van der Waals surface area (Å²) < 4.78 is 6.37. The number of nitrogens with two attached hydrogens (primary N) is 1. The summed E-state index contributed by atoms with van der Waals surface area (Å²) >= 11 is 1.65. The van der Waals surface area contributed by atoms with E-state index >= 15 is 0 Å². The number of primary amides is 1. The summed E-state index contributed by atoms with van der Waals surface area (Å²) in [6, 6.07) is 20.9. The van der Waals surface area contributed by atoms with Crippen molar-refractivity contribution in [1.29, 1.82) is 0 Å². The van der Waals surface area contributed by atoms with Crippen molar-refractivity contribution in [1.82, 2.24) is 4.98 Å². The van der Waals surface area contributed by atoms with E-state index in [9.17, 15) is 9.59 Å². The van der Waals surface area contributed by atoms with Crippen molar-refractivity contribution in [3.63, 3.8) is 0 Å². The van der Waals surface area contributed by atoms with Gasteiger partial charge >= 0.3 is 0 Å². The van der Waals surface area contributed by atoms with E-state index in [0.717, 1.165) is 26.4 Å². The van der Waals surface area contributed by atoms with E-state index in [1.54, 1.807) is 41.7 Å². The lowest BCUT2D eigenvalue weighted by atomic mass is 10.2. The highest BCUT2D eigenvalue weighted by Gasteiger charge is 2.07. The lowest BCUT2D eigenvalue weighted by Gasteiger charge is -2.04. The third-order valence-corrected chi connectivity index (χ3v) is 5.70. The molecule has 0 aliphatic carbocycles. The SMILES string of the molecule is Cc1ccc2nc(-c3ccc(NC(=O)/C=C/c4ccc(OCC(N)=O)cc4)cc3)sc2c1. The maximum Gasteiger partial charge on any atom is 0.255 e. The van der Waals surface area contributed by atoms with Crippen LogP contribution in [0.4, 0.5) is 5.69 Å². The number of carbonyl (C=O) groups is 2. The van der Waals surface area contributed by atoms with Crippen molar-refractivity contribution >= 4 is 45.1 Å². The highest BCUT2D eigenvalue weighted by Crippen LogP contribution is 2.31. The van der Waals surface area contributed by atoms with Gasteiger partial charge < -0.3 is 15.8 Å². The van der Waals surface area contributed by atoms with Gasteiger partial charge in [-0.2, -0.15) is 0 Å². The Hall–Kier alpha value is -3.97. The molecule has 32 heavy (non-hydrogen) atoms. The van der Waals surface area contributed by atoms with E-state index in [-0.39, 0.29) is 12.5 Å². The maximum atomic E-state index is 12.3. The Morgan fingerprint density at radius 2 is 1.81 bits per heavy atom. The zero-order valence-corrected chi connectivity index (χ0v) is 18.2. The fourth-order valence-electron chi connectivity index (χ4n) is 3.04.